The zero-order chi connectivity index (χ0) is 19.2. The lowest BCUT2D eigenvalue weighted by Crippen LogP contribution is -2.29. The molecule has 0 saturated carbocycles. The van der Waals surface area contributed by atoms with E-state index < -0.39 is 0 Å². The molecule has 3 aromatic heterocycles. The minimum atomic E-state index is -0.309. The summed E-state index contributed by atoms with van der Waals surface area (Å²) >= 11 is 0. The van der Waals surface area contributed by atoms with Gasteiger partial charge in [0.1, 0.15) is 6.33 Å². The first-order valence-corrected chi connectivity index (χ1v) is 8.42. The van der Waals surface area contributed by atoms with Crippen LogP contribution in [0.3, 0.4) is 0 Å². The maximum Gasteiger partial charge on any atom is 0.258 e. The zero-order valence-corrected chi connectivity index (χ0v) is 15.0. The topological polar surface area (TPSA) is 115 Å². The van der Waals surface area contributed by atoms with Gasteiger partial charge >= 0.3 is 0 Å². The fourth-order valence-corrected chi connectivity index (χ4v) is 2.42. The van der Waals surface area contributed by atoms with E-state index in [1.54, 1.807) is 35.4 Å². The van der Waals surface area contributed by atoms with Crippen molar-refractivity contribution in [3.63, 3.8) is 0 Å². The summed E-state index contributed by atoms with van der Waals surface area (Å²) in [6.07, 6.45) is 8.07. The Morgan fingerprint density at radius 1 is 1.30 bits per heavy atom. The number of imidazole rings is 1. The molecule has 140 valence electrons. The second-order valence-electron chi connectivity index (χ2n) is 6.12. The zero-order valence-electron chi connectivity index (χ0n) is 15.0. The lowest BCUT2D eigenvalue weighted by molar-refractivity contribution is -0.123. The Morgan fingerprint density at radius 2 is 2.15 bits per heavy atom. The molecule has 0 saturated heterocycles. The Balaban J connectivity index is 1.71. The van der Waals surface area contributed by atoms with Gasteiger partial charge in [-0.15, -0.1) is 0 Å². The number of aromatic nitrogens is 5. The van der Waals surface area contributed by atoms with Crippen LogP contribution in [-0.2, 0) is 11.3 Å². The first kappa shape index (κ1) is 18.3. The van der Waals surface area contributed by atoms with Crippen LogP contribution in [0.4, 0.5) is 0 Å². The van der Waals surface area contributed by atoms with Crippen LogP contribution >= 0.6 is 0 Å². The third-order valence-corrected chi connectivity index (χ3v) is 3.74. The molecule has 0 aromatic carbocycles. The van der Waals surface area contributed by atoms with Crippen LogP contribution in [0.2, 0.25) is 0 Å². The quantitative estimate of drug-likeness (QED) is 0.650. The number of nitrogens with zero attached hydrogens (tertiary/aromatic N) is 5. The highest BCUT2D eigenvalue weighted by Gasteiger charge is 2.20. The van der Waals surface area contributed by atoms with Crippen LogP contribution < -0.4 is 10.1 Å². The minimum absolute atomic E-state index is 0.0877. The fourth-order valence-electron chi connectivity index (χ4n) is 2.42. The standard InChI is InChI=1S/C18H20N6O3/c1-12(2)15-16(26)22-18(24-7-6-20-11-24)23-17(15)27-10-14(25)21-9-13-4-3-5-19-8-13/h3-8,11-12H,9-10H2,1-2H3,(H,21,25)(H,22,23,26). The molecule has 9 heteroatoms. The lowest BCUT2D eigenvalue weighted by Gasteiger charge is -2.15. The van der Waals surface area contributed by atoms with E-state index in [0.717, 1.165) is 5.56 Å². The van der Waals surface area contributed by atoms with Gasteiger partial charge < -0.3 is 15.2 Å². The molecule has 3 rings (SSSR count). The highest BCUT2D eigenvalue weighted by Crippen LogP contribution is 2.32. The summed E-state index contributed by atoms with van der Waals surface area (Å²) < 4.78 is 7.14. The number of nitrogens with one attached hydrogen (secondary N) is 1. The van der Waals surface area contributed by atoms with Crippen molar-refractivity contribution in [1.82, 2.24) is 29.8 Å². The van der Waals surface area contributed by atoms with E-state index in [1.807, 2.05) is 19.9 Å². The van der Waals surface area contributed by atoms with Crippen LogP contribution in [0.1, 0.15) is 30.9 Å². The van der Waals surface area contributed by atoms with Crippen LogP contribution in [0.25, 0.3) is 5.95 Å². The lowest BCUT2D eigenvalue weighted by atomic mass is 10.1. The third-order valence-electron chi connectivity index (χ3n) is 3.74. The largest absolute Gasteiger partial charge is 0.493 e. The summed E-state index contributed by atoms with van der Waals surface area (Å²) in [6, 6.07) is 3.67. The number of carbonyl (C=O) groups excluding carboxylic acids is 1. The van der Waals surface area contributed by atoms with Crippen LogP contribution in [0, 0.1) is 0 Å². The van der Waals surface area contributed by atoms with Crippen molar-refractivity contribution in [1.29, 1.82) is 0 Å². The van der Waals surface area contributed by atoms with Gasteiger partial charge in [0, 0.05) is 31.3 Å². The first-order valence-electron chi connectivity index (χ1n) is 8.42. The summed E-state index contributed by atoms with van der Waals surface area (Å²) in [5.74, 6) is -0.210. The van der Waals surface area contributed by atoms with Gasteiger partial charge in [-0.3, -0.25) is 14.3 Å². The SMILES string of the molecule is CC(C)c1c(O)nc(-n2ccnc2)nc1OCC(=O)NCc1cccnc1. The summed E-state index contributed by atoms with van der Waals surface area (Å²) in [7, 11) is 0. The maximum atomic E-state index is 12.1. The molecule has 3 heterocycles. The van der Waals surface area contributed by atoms with E-state index in [4.69, 9.17) is 4.74 Å². The molecule has 1 amide bonds. The number of hydrogen-bond acceptors (Lipinski definition) is 7. The van der Waals surface area contributed by atoms with Crippen LogP contribution in [0.15, 0.2) is 43.2 Å². The third kappa shape index (κ3) is 4.57. The second-order valence-corrected chi connectivity index (χ2v) is 6.12. The van der Waals surface area contributed by atoms with E-state index in [2.05, 4.69) is 25.3 Å². The Bertz CT molecular complexity index is 897. The number of ether oxygens (including phenoxy) is 1. The predicted octanol–water partition coefficient (Wildman–Crippen LogP) is 1.58. The molecule has 0 spiro atoms. The smallest absolute Gasteiger partial charge is 0.258 e. The number of aromatic hydroxyl groups is 1. The Kier molecular flexibility index (Phi) is 5.60. The molecule has 0 radical (unpaired) electrons. The van der Waals surface area contributed by atoms with Crippen LogP contribution in [0.5, 0.6) is 11.8 Å². The summed E-state index contributed by atoms with van der Waals surface area (Å²) in [6.45, 7) is 3.87. The normalized spacial score (nSPS) is 10.8. The van der Waals surface area contributed by atoms with Gasteiger partial charge in [-0.05, 0) is 17.5 Å². The number of rotatable bonds is 7. The number of pyridine rings is 1. The van der Waals surface area contributed by atoms with Gasteiger partial charge in [0.2, 0.25) is 17.7 Å². The van der Waals surface area contributed by atoms with Crippen molar-refractivity contribution in [2.24, 2.45) is 0 Å². The van der Waals surface area contributed by atoms with E-state index in [0.29, 0.717) is 12.1 Å². The number of carbonyl (C=O) groups is 1. The number of amides is 1. The summed E-state index contributed by atoms with van der Waals surface area (Å²) in [5.41, 5.74) is 1.33. The molecule has 0 aliphatic heterocycles. The van der Waals surface area contributed by atoms with E-state index in [9.17, 15) is 9.90 Å². The van der Waals surface area contributed by atoms with Gasteiger partial charge in [0.15, 0.2) is 6.61 Å². The predicted molar refractivity (Wildman–Crippen MR) is 96.5 cm³/mol. The Labute approximate surface area is 156 Å². The first-order chi connectivity index (χ1) is 13.0. The van der Waals surface area contributed by atoms with Crippen molar-refractivity contribution < 1.29 is 14.6 Å². The van der Waals surface area contributed by atoms with Crippen molar-refractivity contribution in [3.8, 4) is 17.7 Å². The highest BCUT2D eigenvalue weighted by molar-refractivity contribution is 5.77. The second kappa shape index (κ2) is 8.26. The average molecular weight is 368 g/mol. The Morgan fingerprint density at radius 3 is 2.81 bits per heavy atom. The molecule has 0 fully saturated rings. The van der Waals surface area contributed by atoms with E-state index >= 15 is 0 Å². The maximum absolute atomic E-state index is 12.1. The van der Waals surface area contributed by atoms with Crippen molar-refractivity contribution >= 4 is 5.91 Å². The molecule has 2 N–H and O–H groups in total. The molecule has 0 atom stereocenters. The Hall–Kier alpha value is -3.49. The molecule has 0 aliphatic carbocycles. The van der Waals surface area contributed by atoms with Crippen molar-refractivity contribution in [2.75, 3.05) is 6.61 Å². The van der Waals surface area contributed by atoms with Crippen molar-refractivity contribution in [2.45, 2.75) is 26.3 Å². The van der Waals surface area contributed by atoms with Gasteiger partial charge in [-0.2, -0.15) is 9.97 Å². The molecule has 0 bridgehead atoms. The fraction of sp³-hybridized carbons (Fsp3) is 0.278. The highest BCUT2D eigenvalue weighted by atomic mass is 16.5. The average Bonchev–Trinajstić information content (AvgIpc) is 3.19. The molecular formula is C18H20N6O3. The monoisotopic (exact) mass is 368 g/mol. The van der Waals surface area contributed by atoms with Crippen molar-refractivity contribution in [3.05, 3.63) is 54.4 Å². The van der Waals surface area contributed by atoms with Gasteiger partial charge in [0.25, 0.3) is 5.91 Å². The number of hydrogen-bond donors (Lipinski definition) is 2. The van der Waals surface area contributed by atoms with Gasteiger partial charge in [-0.25, -0.2) is 4.98 Å². The van der Waals surface area contributed by atoms with E-state index in [1.165, 1.54) is 6.33 Å². The molecular weight excluding hydrogens is 348 g/mol. The molecule has 0 aliphatic rings. The summed E-state index contributed by atoms with van der Waals surface area (Å²) in [4.78, 5) is 28.4. The van der Waals surface area contributed by atoms with Crippen LogP contribution in [-0.4, -0.2) is 42.1 Å². The van der Waals surface area contributed by atoms with Gasteiger partial charge in [0.05, 0.1) is 5.56 Å². The molecule has 0 unspecified atom stereocenters. The molecule has 3 aromatic rings. The van der Waals surface area contributed by atoms with Gasteiger partial charge in [-0.1, -0.05) is 19.9 Å². The summed E-state index contributed by atoms with van der Waals surface area (Å²) in [5, 5.41) is 13.0. The minimum Gasteiger partial charge on any atom is -0.493 e. The molecule has 9 nitrogen and oxygen atoms in total. The molecule has 27 heavy (non-hydrogen) atoms. The van der Waals surface area contributed by atoms with E-state index in [-0.39, 0.29) is 36.1 Å².